The van der Waals surface area contributed by atoms with E-state index in [-0.39, 0.29) is 0 Å². The molecule has 0 spiro atoms. The van der Waals surface area contributed by atoms with Crippen molar-refractivity contribution in [2.75, 3.05) is 20.3 Å². The van der Waals surface area contributed by atoms with Crippen LogP contribution in [-0.2, 0) is 4.74 Å². The average Bonchev–Trinajstić information content (AvgIpc) is 2.85. The van der Waals surface area contributed by atoms with Crippen molar-refractivity contribution < 1.29 is 13.9 Å². The summed E-state index contributed by atoms with van der Waals surface area (Å²) in [4.78, 5) is 0. The van der Waals surface area contributed by atoms with Gasteiger partial charge in [-0.3, -0.25) is 0 Å². The molecule has 0 radical (unpaired) electrons. The summed E-state index contributed by atoms with van der Waals surface area (Å²) >= 11 is 12.2. The quantitative estimate of drug-likeness (QED) is 0.769. The number of ether oxygens (including phenoxy) is 2. The molecule has 96 valence electrons. The summed E-state index contributed by atoms with van der Waals surface area (Å²) in [5.41, 5.74) is 0.749. The maximum absolute atomic E-state index is 6.13. The molecule has 0 N–H and O–H groups in total. The Kier molecular flexibility index (Phi) is 4.53. The van der Waals surface area contributed by atoms with Crippen LogP contribution in [0.5, 0.6) is 5.75 Å². The third-order valence-electron chi connectivity index (χ3n) is 2.35. The molecule has 1 heterocycles. The van der Waals surface area contributed by atoms with Gasteiger partial charge in [0.2, 0.25) is 0 Å². The van der Waals surface area contributed by atoms with Crippen molar-refractivity contribution in [3.63, 3.8) is 0 Å². The van der Waals surface area contributed by atoms with E-state index in [1.54, 1.807) is 31.6 Å². The molecule has 0 amide bonds. The van der Waals surface area contributed by atoms with Crippen molar-refractivity contribution in [1.29, 1.82) is 0 Å². The van der Waals surface area contributed by atoms with Gasteiger partial charge in [0.15, 0.2) is 0 Å². The smallest absolute Gasteiger partial charge is 0.138 e. The Morgan fingerprint density at radius 1 is 1.17 bits per heavy atom. The van der Waals surface area contributed by atoms with E-state index >= 15 is 0 Å². The summed E-state index contributed by atoms with van der Waals surface area (Å²) < 4.78 is 15.7. The maximum Gasteiger partial charge on any atom is 0.138 e. The minimum Gasteiger partial charge on any atom is -0.490 e. The monoisotopic (exact) mass is 286 g/mol. The van der Waals surface area contributed by atoms with Crippen LogP contribution in [0.25, 0.3) is 11.3 Å². The normalized spacial score (nSPS) is 10.6. The Labute approximate surface area is 115 Å². The number of benzene rings is 1. The van der Waals surface area contributed by atoms with E-state index in [2.05, 4.69) is 0 Å². The van der Waals surface area contributed by atoms with Gasteiger partial charge in [0.25, 0.3) is 0 Å². The van der Waals surface area contributed by atoms with Crippen molar-refractivity contribution in [2.24, 2.45) is 0 Å². The highest BCUT2D eigenvalue weighted by Crippen LogP contribution is 2.36. The van der Waals surface area contributed by atoms with E-state index in [0.717, 1.165) is 5.56 Å². The van der Waals surface area contributed by atoms with Gasteiger partial charge in [-0.1, -0.05) is 23.2 Å². The number of furan rings is 1. The number of methoxy groups -OCH3 is 1. The molecule has 0 aliphatic carbocycles. The van der Waals surface area contributed by atoms with Crippen LogP contribution in [0.2, 0.25) is 10.0 Å². The molecule has 0 aliphatic rings. The first-order chi connectivity index (χ1) is 8.72. The van der Waals surface area contributed by atoms with Crippen LogP contribution in [0.3, 0.4) is 0 Å². The summed E-state index contributed by atoms with van der Waals surface area (Å²) in [5.74, 6) is 1.23. The zero-order valence-electron chi connectivity index (χ0n) is 9.78. The molecular formula is C13H12Cl2O3. The molecule has 18 heavy (non-hydrogen) atoms. The minimum absolute atomic E-state index is 0.426. The third kappa shape index (κ3) is 2.99. The Hall–Kier alpha value is -1.16. The molecule has 0 fully saturated rings. The number of halogens is 2. The lowest BCUT2D eigenvalue weighted by molar-refractivity contribution is 0.146. The van der Waals surface area contributed by atoms with Crippen LogP contribution in [0.15, 0.2) is 34.9 Å². The molecule has 2 rings (SSSR count). The summed E-state index contributed by atoms with van der Waals surface area (Å²) in [6, 6.07) is 7.03. The first-order valence-corrected chi connectivity index (χ1v) is 6.12. The van der Waals surface area contributed by atoms with Crippen LogP contribution >= 0.6 is 23.2 Å². The lowest BCUT2D eigenvalue weighted by atomic mass is 10.1. The number of rotatable bonds is 5. The van der Waals surface area contributed by atoms with Gasteiger partial charge in [-0.15, -0.1) is 0 Å². The number of hydrogen-bond acceptors (Lipinski definition) is 3. The Morgan fingerprint density at radius 3 is 2.67 bits per heavy atom. The number of hydrogen-bond donors (Lipinski definition) is 0. The maximum atomic E-state index is 6.13. The zero-order chi connectivity index (χ0) is 13.0. The zero-order valence-corrected chi connectivity index (χ0v) is 11.3. The van der Waals surface area contributed by atoms with Gasteiger partial charge >= 0.3 is 0 Å². The molecule has 0 bridgehead atoms. The van der Waals surface area contributed by atoms with Crippen molar-refractivity contribution in [2.45, 2.75) is 0 Å². The second kappa shape index (κ2) is 6.14. The first-order valence-electron chi connectivity index (χ1n) is 5.37. The largest absolute Gasteiger partial charge is 0.490 e. The van der Waals surface area contributed by atoms with Crippen LogP contribution < -0.4 is 4.74 Å². The van der Waals surface area contributed by atoms with E-state index in [1.165, 1.54) is 0 Å². The molecule has 0 saturated carbocycles. The molecule has 1 aromatic carbocycles. The van der Waals surface area contributed by atoms with Gasteiger partial charge < -0.3 is 13.9 Å². The molecule has 0 atom stereocenters. The van der Waals surface area contributed by atoms with Gasteiger partial charge in [0.05, 0.1) is 22.9 Å². The highest BCUT2D eigenvalue weighted by atomic mass is 35.5. The van der Waals surface area contributed by atoms with Crippen molar-refractivity contribution in [3.05, 3.63) is 40.6 Å². The summed E-state index contributed by atoms with van der Waals surface area (Å²) in [6.45, 7) is 0.921. The van der Waals surface area contributed by atoms with Gasteiger partial charge in [0.1, 0.15) is 18.1 Å². The Balaban J connectivity index is 2.28. The SMILES string of the molecule is COCCOc1cc(-c2ccco2)c(Cl)cc1Cl. The lowest BCUT2D eigenvalue weighted by Crippen LogP contribution is -2.04. The second-order valence-corrected chi connectivity index (χ2v) is 4.40. The van der Waals surface area contributed by atoms with E-state index in [4.69, 9.17) is 37.1 Å². The van der Waals surface area contributed by atoms with Crippen LogP contribution in [0.1, 0.15) is 0 Å². The highest BCUT2D eigenvalue weighted by molar-refractivity contribution is 6.37. The van der Waals surface area contributed by atoms with E-state index in [1.807, 2.05) is 6.07 Å². The fourth-order valence-electron chi connectivity index (χ4n) is 1.50. The molecular weight excluding hydrogens is 275 g/mol. The van der Waals surface area contributed by atoms with Crippen molar-refractivity contribution >= 4 is 23.2 Å². The molecule has 3 nitrogen and oxygen atoms in total. The molecule has 0 aliphatic heterocycles. The van der Waals surface area contributed by atoms with Crippen LogP contribution in [0.4, 0.5) is 0 Å². The molecule has 5 heteroatoms. The van der Waals surface area contributed by atoms with E-state index < -0.39 is 0 Å². The third-order valence-corrected chi connectivity index (χ3v) is 2.96. The molecule has 0 unspecified atom stereocenters. The second-order valence-electron chi connectivity index (χ2n) is 3.58. The Morgan fingerprint density at radius 2 is 2.00 bits per heavy atom. The summed E-state index contributed by atoms with van der Waals surface area (Å²) in [5, 5.41) is 0.987. The topological polar surface area (TPSA) is 31.6 Å². The van der Waals surface area contributed by atoms with Crippen molar-refractivity contribution in [3.8, 4) is 17.1 Å². The van der Waals surface area contributed by atoms with Gasteiger partial charge in [0, 0.05) is 12.7 Å². The summed E-state index contributed by atoms with van der Waals surface area (Å²) in [7, 11) is 1.61. The lowest BCUT2D eigenvalue weighted by Gasteiger charge is -2.10. The van der Waals surface area contributed by atoms with E-state index in [9.17, 15) is 0 Å². The van der Waals surface area contributed by atoms with Gasteiger partial charge in [-0.05, 0) is 24.3 Å². The standard InChI is InChI=1S/C13H12Cl2O3/c1-16-5-6-18-13-7-9(10(14)8-11(13)15)12-3-2-4-17-12/h2-4,7-8H,5-6H2,1H3. The van der Waals surface area contributed by atoms with Crippen LogP contribution in [-0.4, -0.2) is 20.3 Å². The fourth-order valence-corrected chi connectivity index (χ4v) is 2.03. The fraction of sp³-hybridized carbons (Fsp3) is 0.231. The Bertz CT molecular complexity index is 509. The summed E-state index contributed by atoms with van der Waals surface area (Å²) in [6.07, 6.45) is 1.59. The molecule has 0 saturated heterocycles. The van der Waals surface area contributed by atoms with Gasteiger partial charge in [-0.25, -0.2) is 0 Å². The van der Waals surface area contributed by atoms with E-state index in [0.29, 0.717) is 34.8 Å². The van der Waals surface area contributed by atoms with Gasteiger partial charge in [-0.2, -0.15) is 0 Å². The average molecular weight is 287 g/mol. The highest BCUT2D eigenvalue weighted by Gasteiger charge is 2.12. The molecule has 2 aromatic rings. The van der Waals surface area contributed by atoms with Crippen molar-refractivity contribution in [1.82, 2.24) is 0 Å². The first kappa shape index (κ1) is 13.3. The minimum atomic E-state index is 0.426. The predicted molar refractivity (Wildman–Crippen MR) is 71.5 cm³/mol. The predicted octanol–water partition coefficient (Wildman–Crippen LogP) is 4.28. The van der Waals surface area contributed by atoms with Crippen LogP contribution in [0, 0.1) is 0 Å². The molecule has 1 aromatic heterocycles.